The summed E-state index contributed by atoms with van der Waals surface area (Å²) in [7, 11) is 0. The zero-order valence-electron chi connectivity index (χ0n) is 55.1. The fourth-order valence-corrected chi connectivity index (χ4v) is 11.4. The van der Waals surface area contributed by atoms with Gasteiger partial charge in [-0.3, -0.25) is 14.4 Å². The molecule has 0 saturated heterocycles. The van der Waals surface area contributed by atoms with Crippen LogP contribution in [0.3, 0.4) is 0 Å². The molecule has 1 unspecified atom stereocenters. The Bertz CT molecular complexity index is 1310. The first-order valence-corrected chi connectivity index (χ1v) is 36.8. The molecule has 0 aromatic rings. The van der Waals surface area contributed by atoms with E-state index in [0.29, 0.717) is 19.3 Å². The van der Waals surface area contributed by atoms with Crippen molar-refractivity contribution in [2.45, 2.75) is 425 Å². The molecule has 6 heteroatoms. The highest BCUT2D eigenvalue weighted by Gasteiger charge is 2.20. The third-order valence-corrected chi connectivity index (χ3v) is 17.0. The summed E-state index contributed by atoms with van der Waals surface area (Å²) < 4.78 is 17.0. The Labute approximate surface area is 506 Å². The summed E-state index contributed by atoms with van der Waals surface area (Å²) in [6.07, 6.45) is 86.4. The normalized spacial score (nSPS) is 12.1. The first-order valence-electron chi connectivity index (χ1n) is 36.8. The van der Waals surface area contributed by atoms with Crippen molar-refractivity contribution in [3.05, 3.63) is 24.3 Å². The summed E-state index contributed by atoms with van der Waals surface area (Å²) in [6, 6.07) is 0. The number of esters is 3. The van der Waals surface area contributed by atoms with Gasteiger partial charge >= 0.3 is 17.9 Å². The first kappa shape index (κ1) is 78.9. The second kappa shape index (κ2) is 70.4. The maximum Gasteiger partial charge on any atom is 0.306 e. The lowest BCUT2D eigenvalue weighted by molar-refractivity contribution is -0.167. The summed E-state index contributed by atoms with van der Waals surface area (Å²) >= 11 is 0. The predicted molar refractivity (Wildman–Crippen MR) is 353 cm³/mol. The van der Waals surface area contributed by atoms with Gasteiger partial charge in [0.05, 0.1) is 0 Å². The number of unbranched alkanes of at least 4 members (excludes halogenated alkanes) is 54. The Hall–Kier alpha value is -2.11. The quantitative estimate of drug-likeness (QED) is 0.0261. The molecule has 0 aromatic heterocycles. The van der Waals surface area contributed by atoms with Gasteiger partial charge in [-0.1, -0.05) is 373 Å². The Balaban J connectivity index is 4.27. The molecule has 0 rings (SSSR count). The molecule has 1 atom stereocenters. The number of ether oxygens (including phenoxy) is 3. The van der Waals surface area contributed by atoms with Crippen LogP contribution in [0.25, 0.3) is 0 Å². The molecule has 6 nitrogen and oxygen atoms in total. The lowest BCUT2D eigenvalue weighted by Gasteiger charge is -2.18. The van der Waals surface area contributed by atoms with E-state index in [2.05, 4.69) is 45.1 Å². The summed E-state index contributed by atoms with van der Waals surface area (Å²) in [5.41, 5.74) is 0. The van der Waals surface area contributed by atoms with Gasteiger partial charge in [0, 0.05) is 19.3 Å². The molecule has 81 heavy (non-hydrogen) atoms. The molecule has 0 bridgehead atoms. The van der Waals surface area contributed by atoms with E-state index in [4.69, 9.17) is 14.2 Å². The average molecular weight is 1140 g/mol. The molecular weight excluding hydrogens is 997 g/mol. The van der Waals surface area contributed by atoms with Gasteiger partial charge in [0.25, 0.3) is 0 Å². The van der Waals surface area contributed by atoms with Gasteiger partial charge in [-0.15, -0.1) is 0 Å². The highest BCUT2D eigenvalue weighted by molar-refractivity contribution is 5.71. The van der Waals surface area contributed by atoms with E-state index in [-0.39, 0.29) is 31.1 Å². The number of hydrogen-bond acceptors (Lipinski definition) is 6. The molecule has 0 radical (unpaired) electrons. The van der Waals surface area contributed by atoms with Gasteiger partial charge < -0.3 is 14.2 Å². The van der Waals surface area contributed by atoms with E-state index in [1.54, 1.807) is 0 Å². The third kappa shape index (κ3) is 68.6. The van der Waals surface area contributed by atoms with E-state index < -0.39 is 6.10 Å². The summed E-state index contributed by atoms with van der Waals surface area (Å²) in [6.45, 7) is 6.73. The highest BCUT2D eigenvalue weighted by atomic mass is 16.6. The van der Waals surface area contributed by atoms with E-state index in [9.17, 15) is 14.4 Å². The minimum Gasteiger partial charge on any atom is -0.462 e. The van der Waals surface area contributed by atoms with Crippen molar-refractivity contribution >= 4 is 17.9 Å². The largest absolute Gasteiger partial charge is 0.462 e. The van der Waals surface area contributed by atoms with Crippen molar-refractivity contribution in [2.24, 2.45) is 0 Å². The summed E-state index contributed by atoms with van der Waals surface area (Å²) in [4.78, 5) is 38.5. The fourth-order valence-electron chi connectivity index (χ4n) is 11.4. The molecule has 0 N–H and O–H groups in total. The van der Waals surface area contributed by atoms with Crippen LogP contribution >= 0.6 is 0 Å². The molecule has 0 aliphatic carbocycles. The Morgan fingerprint density at radius 1 is 0.247 bits per heavy atom. The van der Waals surface area contributed by atoms with Gasteiger partial charge in [0.2, 0.25) is 0 Å². The zero-order valence-corrected chi connectivity index (χ0v) is 55.1. The van der Waals surface area contributed by atoms with E-state index in [0.717, 1.165) is 64.2 Å². The van der Waals surface area contributed by atoms with Crippen LogP contribution in [0.5, 0.6) is 0 Å². The zero-order chi connectivity index (χ0) is 58.5. The van der Waals surface area contributed by atoms with Gasteiger partial charge in [-0.25, -0.2) is 0 Å². The highest BCUT2D eigenvalue weighted by Crippen LogP contribution is 2.19. The lowest BCUT2D eigenvalue weighted by atomic mass is 10.0. The van der Waals surface area contributed by atoms with Crippen molar-refractivity contribution in [1.82, 2.24) is 0 Å². The first-order chi connectivity index (χ1) is 40.0. The van der Waals surface area contributed by atoms with Crippen LogP contribution in [0.1, 0.15) is 419 Å². The van der Waals surface area contributed by atoms with Crippen LogP contribution < -0.4 is 0 Å². The smallest absolute Gasteiger partial charge is 0.306 e. The van der Waals surface area contributed by atoms with Crippen molar-refractivity contribution in [3.63, 3.8) is 0 Å². The van der Waals surface area contributed by atoms with Crippen LogP contribution in [-0.2, 0) is 28.6 Å². The van der Waals surface area contributed by atoms with Crippen LogP contribution in [0.15, 0.2) is 24.3 Å². The third-order valence-electron chi connectivity index (χ3n) is 17.0. The average Bonchev–Trinajstić information content (AvgIpc) is 3.47. The lowest BCUT2D eigenvalue weighted by Crippen LogP contribution is -2.30. The van der Waals surface area contributed by atoms with Gasteiger partial charge in [-0.05, 0) is 51.4 Å². The molecule has 0 spiro atoms. The summed E-state index contributed by atoms with van der Waals surface area (Å²) in [5.74, 6) is -0.826. The van der Waals surface area contributed by atoms with Crippen molar-refractivity contribution in [1.29, 1.82) is 0 Å². The standard InChI is InChI=1S/C75H142O6/c1-4-7-10-13-16-19-22-25-28-31-34-36-37-38-39-40-42-44-47-50-53-56-59-62-65-68-74(77)80-71-72(70-79-73(76)67-64-61-58-55-52-49-46-43-33-30-27-24-21-18-15-12-9-6-3)81-75(78)69-66-63-60-57-54-51-48-45-41-35-32-29-26-23-20-17-14-11-8-5-2/h22,25,31,34,72H,4-21,23-24,26-30,32-33,35-71H2,1-3H3/b25-22-,34-31-. The van der Waals surface area contributed by atoms with Crippen LogP contribution in [-0.4, -0.2) is 37.2 Å². The second-order valence-electron chi connectivity index (χ2n) is 25.2. The molecule has 478 valence electrons. The topological polar surface area (TPSA) is 78.9 Å². The molecule has 0 fully saturated rings. The number of rotatable bonds is 69. The maximum absolute atomic E-state index is 13.0. The number of hydrogen-bond donors (Lipinski definition) is 0. The van der Waals surface area contributed by atoms with Gasteiger partial charge in [-0.2, -0.15) is 0 Å². The Kier molecular flexibility index (Phi) is 68.5. The van der Waals surface area contributed by atoms with Crippen molar-refractivity contribution < 1.29 is 28.6 Å². The van der Waals surface area contributed by atoms with Crippen molar-refractivity contribution in [3.8, 4) is 0 Å². The van der Waals surface area contributed by atoms with Crippen molar-refractivity contribution in [2.75, 3.05) is 13.2 Å². The Morgan fingerprint density at radius 2 is 0.444 bits per heavy atom. The van der Waals surface area contributed by atoms with Gasteiger partial charge in [0.15, 0.2) is 6.10 Å². The monoisotopic (exact) mass is 1140 g/mol. The predicted octanol–water partition coefficient (Wildman–Crippen LogP) is 25.3. The van der Waals surface area contributed by atoms with Crippen LogP contribution in [0, 0.1) is 0 Å². The molecule has 0 aromatic carbocycles. The minimum absolute atomic E-state index is 0.0637. The van der Waals surface area contributed by atoms with Gasteiger partial charge in [0.1, 0.15) is 13.2 Å². The Morgan fingerprint density at radius 3 is 0.679 bits per heavy atom. The summed E-state index contributed by atoms with van der Waals surface area (Å²) in [5, 5.41) is 0. The molecule has 0 amide bonds. The van der Waals surface area contributed by atoms with Crippen LogP contribution in [0.4, 0.5) is 0 Å². The van der Waals surface area contributed by atoms with Crippen LogP contribution in [0.2, 0.25) is 0 Å². The molecular formula is C75H142O6. The molecule has 0 aliphatic rings. The number of carbonyl (C=O) groups is 3. The minimum atomic E-state index is -0.768. The number of allylic oxidation sites excluding steroid dienone is 4. The maximum atomic E-state index is 13.0. The second-order valence-corrected chi connectivity index (χ2v) is 25.2. The fraction of sp³-hybridized carbons (Fsp3) is 0.907. The van der Waals surface area contributed by atoms with E-state index in [1.807, 2.05) is 0 Å². The number of carbonyl (C=O) groups excluding carboxylic acids is 3. The van der Waals surface area contributed by atoms with E-state index >= 15 is 0 Å². The molecule has 0 aliphatic heterocycles. The molecule has 0 saturated carbocycles. The van der Waals surface area contributed by atoms with E-state index in [1.165, 1.54) is 315 Å². The molecule has 0 heterocycles. The SMILES string of the molecule is CCCCCCC/C=C\C/C=C\CCCCCCCCCCCCCCCC(=O)OCC(COC(=O)CCCCCCCCCCCCCCCCCCCC)OC(=O)CCCCCCCCCCCCCCCCCCCCCC.